The van der Waals surface area contributed by atoms with Crippen molar-refractivity contribution in [2.24, 2.45) is 5.41 Å². The fraction of sp³-hybridized carbons (Fsp3) is 0.727. The van der Waals surface area contributed by atoms with Crippen molar-refractivity contribution >= 4 is 42.2 Å². The quantitative estimate of drug-likeness (QED) is 0.153. The molecular formula is C22H33ClF2N3O9PS. The topological polar surface area (TPSA) is 155 Å². The molecule has 0 spiro atoms. The van der Waals surface area contributed by atoms with Crippen LogP contribution < -0.4 is 16.3 Å². The molecule has 0 radical (unpaired) electrons. The van der Waals surface area contributed by atoms with E-state index >= 15 is 4.39 Å². The summed E-state index contributed by atoms with van der Waals surface area (Å²) in [5.74, 6) is -1.99. The monoisotopic (exact) mass is 619 g/mol. The van der Waals surface area contributed by atoms with Crippen LogP contribution >= 0.6 is 31.1 Å². The predicted molar refractivity (Wildman–Crippen MR) is 140 cm³/mol. The molecule has 17 heteroatoms. The Hall–Kier alpha value is -1.61. The highest BCUT2D eigenvalue weighted by atomic mass is 35.5. The third kappa shape index (κ3) is 9.76. The molecule has 0 bridgehead atoms. The third-order valence-corrected chi connectivity index (χ3v) is 8.34. The molecule has 1 aromatic heterocycles. The highest BCUT2D eigenvalue weighted by Gasteiger charge is 2.50. The minimum atomic E-state index is -4.28. The van der Waals surface area contributed by atoms with E-state index in [9.17, 15) is 28.1 Å². The maximum absolute atomic E-state index is 15.1. The van der Waals surface area contributed by atoms with Crippen LogP contribution in [0.4, 0.5) is 8.78 Å². The average Bonchev–Trinajstić information content (AvgIpc) is 3.10. The number of nitrogens with one attached hydrogen (secondary N) is 2. The molecule has 5 atom stereocenters. The van der Waals surface area contributed by atoms with E-state index in [1.807, 2.05) is 0 Å². The Morgan fingerprint density at radius 1 is 1.33 bits per heavy atom. The van der Waals surface area contributed by atoms with Crippen LogP contribution in [0.5, 0.6) is 0 Å². The van der Waals surface area contributed by atoms with Crippen molar-refractivity contribution in [1.82, 2.24) is 14.6 Å². The van der Waals surface area contributed by atoms with Crippen LogP contribution in [0.1, 0.15) is 54.2 Å². The van der Waals surface area contributed by atoms with Gasteiger partial charge in [0.25, 0.3) is 5.56 Å². The molecule has 1 aromatic rings. The van der Waals surface area contributed by atoms with Crippen molar-refractivity contribution in [3.63, 3.8) is 0 Å². The van der Waals surface area contributed by atoms with Crippen molar-refractivity contribution < 1.29 is 41.5 Å². The van der Waals surface area contributed by atoms with Gasteiger partial charge >= 0.3 is 19.4 Å². The summed E-state index contributed by atoms with van der Waals surface area (Å²) in [7, 11) is -4.28. The summed E-state index contributed by atoms with van der Waals surface area (Å²) in [6.07, 6.45) is -3.62. The molecule has 1 saturated heterocycles. The Morgan fingerprint density at radius 2 is 1.97 bits per heavy atom. The number of aromatic nitrogens is 2. The van der Waals surface area contributed by atoms with E-state index in [1.54, 1.807) is 39.6 Å². The van der Waals surface area contributed by atoms with Gasteiger partial charge in [-0.15, -0.1) is 0 Å². The highest BCUT2D eigenvalue weighted by Crippen LogP contribution is 2.48. The number of nitrogens with zero attached hydrogens (tertiary/aromatic N) is 1. The van der Waals surface area contributed by atoms with E-state index < -0.39 is 78.8 Å². The number of halogens is 3. The summed E-state index contributed by atoms with van der Waals surface area (Å²) in [6.45, 7) is 9.05. The number of hydrogen-bond donors (Lipinski definition) is 2. The number of alkyl halides is 2. The Balaban J connectivity index is 2.13. The number of rotatable bonds is 12. The van der Waals surface area contributed by atoms with Crippen LogP contribution in [0.15, 0.2) is 15.8 Å². The molecule has 0 aliphatic carbocycles. The zero-order valence-corrected chi connectivity index (χ0v) is 24.8. The number of esters is 1. The summed E-state index contributed by atoms with van der Waals surface area (Å²) in [6, 6.07) is -1.14. The summed E-state index contributed by atoms with van der Waals surface area (Å²) in [4.78, 5) is 49.4. The van der Waals surface area contributed by atoms with Crippen LogP contribution in [0, 0.1) is 11.2 Å². The van der Waals surface area contributed by atoms with Crippen LogP contribution in [0.3, 0.4) is 0 Å². The van der Waals surface area contributed by atoms with Crippen molar-refractivity contribution in [3.8, 4) is 0 Å². The van der Waals surface area contributed by atoms with Crippen molar-refractivity contribution in [3.05, 3.63) is 32.9 Å². The number of H-pyrrole nitrogens is 1. The van der Waals surface area contributed by atoms with Gasteiger partial charge in [-0.3, -0.25) is 33.0 Å². The summed E-state index contributed by atoms with van der Waals surface area (Å²) in [5.41, 5.74) is -3.07. The van der Waals surface area contributed by atoms with Gasteiger partial charge in [-0.1, -0.05) is 44.1 Å². The first-order valence-corrected chi connectivity index (χ1v) is 14.8. The molecule has 1 aliphatic rings. The maximum Gasteiger partial charge on any atom is 0.406 e. The fourth-order valence-corrected chi connectivity index (χ4v) is 5.90. The van der Waals surface area contributed by atoms with Crippen molar-refractivity contribution in [2.75, 3.05) is 19.0 Å². The second kappa shape index (κ2) is 13.4. The highest BCUT2D eigenvalue weighted by molar-refractivity contribution is 8.13. The molecule has 2 N–H and O–H groups in total. The Kier molecular flexibility index (Phi) is 11.5. The summed E-state index contributed by atoms with van der Waals surface area (Å²) >= 11 is 6.85. The molecule has 2 heterocycles. The molecular weight excluding hydrogens is 587 g/mol. The van der Waals surface area contributed by atoms with Crippen LogP contribution in [0.2, 0.25) is 0 Å². The normalized spacial score (nSPS) is 23.9. The lowest BCUT2D eigenvalue weighted by atomic mass is 10.00. The van der Waals surface area contributed by atoms with Gasteiger partial charge in [0.05, 0.1) is 31.6 Å². The van der Waals surface area contributed by atoms with E-state index in [0.29, 0.717) is 10.8 Å². The predicted octanol–water partition coefficient (Wildman–Crippen LogP) is 3.24. The second-order valence-corrected chi connectivity index (χ2v) is 13.5. The number of ether oxygens (including phenoxy) is 2. The number of hydrogen-bond acceptors (Lipinski definition) is 10. The maximum atomic E-state index is 15.1. The molecule has 0 saturated carbocycles. The van der Waals surface area contributed by atoms with Gasteiger partial charge in [0, 0.05) is 17.6 Å². The number of aromatic amines is 1. The average molecular weight is 620 g/mol. The van der Waals surface area contributed by atoms with Gasteiger partial charge < -0.3 is 9.47 Å². The summed E-state index contributed by atoms with van der Waals surface area (Å²) in [5, 5.41) is -0.401. The van der Waals surface area contributed by atoms with Crippen LogP contribution in [-0.4, -0.2) is 63.0 Å². The van der Waals surface area contributed by atoms with E-state index in [2.05, 4.69) is 5.09 Å². The zero-order chi connectivity index (χ0) is 29.8. The van der Waals surface area contributed by atoms with Crippen molar-refractivity contribution in [2.45, 2.75) is 77.6 Å². The minimum absolute atomic E-state index is 0.119. The van der Waals surface area contributed by atoms with Gasteiger partial charge in [0.15, 0.2) is 11.3 Å². The first-order valence-electron chi connectivity index (χ1n) is 11.9. The van der Waals surface area contributed by atoms with E-state index in [-0.39, 0.29) is 17.5 Å². The largest absolute Gasteiger partial charge is 0.462 e. The second-order valence-electron chi connectivity index (χ2n) is 10.1. The van der Waals surface area contributed by atoms with Crippen LogP contribution in [-0.2, 0) is 32.7 Å². The number of thioether (sulfide) groups is 1. The number of carbonyl (C=O) groups is 2. The molecule has 222 valence electrons. The Morgan fingerprint density at radius 3 is 2.56 bits per heavy atom. The molecule has 39 heavy (non-hydrogen) atoms. The van der Waals surface area contributed by atoms with Gasteiger partial charge in [0.1, 0.15) is 6.04 Å². The third-order valence-electron chi connectivity index (χ3n) is 5.04. The zero-order valence-electron chi connectivity index (χ0n) is 22.3. The first-order chi connectivity index (χ1) is 17.8. The SMILES string of the molecule is CC(C)OC(=O)[C@H](C)N[P@@](=O)(OCCSC(=O)C(C)(C)C)OC[C@@H]1C[C@@](F)(Cl)[C@H](n2cc(F)c(=O)[nH]c2=O)O1. The molecule has 1 fully saturated rings. The molecule has 0 aromatic carbocycles. The lowest BCUT2D eigenvalue weighted by molar-refractivity contribution is -0.149. The standard InChI is InChI=1S/C22H33ClF2N3O9PS/c1-12(2)36-17(30)13(3)27-38(33,34-7-8-39-19(31)21(4,5)6)35-11-14-9-22(23,25)18(37-14)28-10-15(24)16(29)26-20(28)32/h10,12-14,18H,7-9,11H2,1-6H3,(H,27,33)(H,26,29,32)/t13-,14-,18+,22-,38+/m0/s1. The molecule has 2 rings (SSSR count). The van der Waals surface area contributed by atoms with Crippen molar-refractivity contribution in [1.29, 1.82) is 0 Å². The lowest BCUT2D eigenvalue weighted by Crippen LogP contribution is -2.38. The van der Waals surface area contributed by atoms with Gasteiger partial charge in [-0.25, -0.2) is 18.8 Å². The summed E-state index contributed by atoms with van der Waals surface area (Å²) < 4.78 is 64.1. The lowest BCUT2D eigenvalue weighted by Gasteiger charge is -2.24. The van der Waals surface area contributed by atoms with Gasteiger partial charge in [-0.2, -0.15) is 4.39 Å². The Labute approximate surface area is 233 Å². The molecule has 0 unspecified atom stereocenters. The van der Waals surface area contributed by atoms with E-state index in [4.69, 9.17) is 30.1 Å². The molecule has 1 aliphatic heterocycles. The first kappa shape index (κ1) is 33.6. The fourth-order valence-electron chi connectivity index (χ4n) is 3.16. The molecule has 0 amide bonds. The van der Waals surface area contributed by atoms with E-state index in [1.165, 1.54) is 6.92 Å². The Bertz CT molecular complexity index is 1200. The smallest absolute Gasteiger partial charge is 0.406 e. The van der Waals surface area contributed by atoms with E-state index in [0.717, 1.165) is 11.8 Å². The van der Waals surface area contributed by atoms with Gasteiger partial charge in [0.2, 0.25) is 10.9 Å². The minimum Gasteiger partial charge on any atom is -0.462 e. The van der Waals surface area contributed by atoms with Crippen LogP contribution in [0.25, 0.3) is 0 Å². The molecule has 12 nitrogen and oxygen atoms in total. The van der Waals surface area contributed by atoms with Gasteiger partial charge in [-0.05, 0) is 20.8 Å². The number of carbonyl (C=O) groups excluding carboxylic acids is 2.